The SMILES string of the molecule is O=C(NCCn1cccc1)C1Cc2ccccc2CN1. The van der Waals surface area contributed by atoms with E-state index in [1.54, 1.807) is 0 Å². The topological polar surface area (TPSA) is 46.1 Å². The van der Waals surface area contributed by atoms with Crippen molar-refractivity contribution in [2.75, 3.05) is 6.54 Å². The Labute approximate surface area is 118 Å². The predicted molar refractivity (Wildman–Crippen MR) is 78.2 cm³/mol. The van der Waals surface area contributed by atoms with Crippen LogP contribution < -0.4 is 10.6 Å². The Hall–Kier alpha value is -2.07. The van der Waals surface area contributed by atoms with E-state index in [9.17, 15) is 4.79 Å². The molecule has 2 heterocycles. The minimum atomic E-state index is -0.116. The highest BCUT2D eigenvalue weighted by Crippen LogP contribution is 2.16. The Morgan fingerprint density at radius 1 is 1.20 bits per heavy atom. The molecule has 0 bridgehead atoms. The maximum Gasteiger partial charge on any atom is 0.237 e. The van der Waals surface area contributed by atoms with E-state index in [0.717, 1.165) is 19.5 Å². The van der Waals surface area contributed by atoms with Crippen LogP contribution in [0.3, 0.4) is 0 Å². The lowest BCUT2D eigenvalue weighted by atomic mass is 9.95. The predicted octanol–water partition coefficient (Wildman–Crippen LogP) is 1.32. The average Bonchev–Trinajstić information content (AvgIpc) is 3.00. The number of fused-ring (bicyclic) bond motifs is 1. The number of amides is 1. The molecule has 4 nitrogen and oxygen atoms in total. The molecule has 0 radical (unpaired) electrons. The van der Waals surface area contributed by atoms with E-state index in [-0.39, 0.29) is 11.9 Å². The van der Waals surface area contributed by atoms with E-state index >= 15 is 0 Å². The number of carbonyl (C=O) groups is 1. The van der Waals surface area contributed by atoms with Crippen LogP contribution in [0.15, 0.2) is 48.8 Å². The zero-order valence-electron chi connectivity index (χ0n) is 11.4. The number of nitrogens with zero attached hydrogens (tertiary/aromatic N) is 1. The second kappa shape index (κ2) is 5.92. The van der Waals surface area contributed by atoms with Crippen LogP contribution in [0.5, 0.6) is 0 Å². The quantitative estimate of drug-likeness (QED) is 0.879. The third-order valence-electron chi connectivity index (χ3n) is 3.73. The first-order chi connectivity index (χ1) is 9.83. The molecule has 1 aromatic heterocycles. The van der Waals surface area contributed by atoms with Gasteiger partial charge in [0.15, 0.2) is 0 Å². The third kappa shape index (κ3) is 2.91. The Bertz CT molecular complexity index is 577. The van der Waals surface area contributed by atoms with Gasteiger partial charge in [-0.05, 0) is 29.7 Å². The summed E-state index contributed by atoms with van der Waals surface area (Å²) in [7, 11) is 0. The van der Waals surface area contributed by atoms with Crippen LogP contribution >= 0.6 is 0 Å². The summed E-state index contributed by atoms with van der Waals surface area (Å²) >= 11 is 0. The lowest BCUT2D eigenvalue weighted by molar-refractivity contribution is -0.123. The molecule has 1 aliphatic heterocycles. The van der Waals surface area contributed by atoms with E-state index in [4.69, 9.17) is 0 Å². The second-order valence-corrected chi connectivity index (χ2v) is 5.12. The van der Waals surface area contributed by atoms with Gasteiger partial charge < -0.3 is 15.2 Å². The lowest BCUT2D eigenvalue weighted by Crippen LogP contribution is -2.48. The lowest BCUT2D eigenvalue weighted by Gasteiger charge is -2.25. The summed E-state index contributed by atoms with van der Waals surface area (Å²) in [5.74, 6) is 0.0895. The van der Waals surface area contributed by atoms with Crippen LogP contribution in [0.2, 0.25) is 0 Å². The van der Waals surface area contributed by atoms with Crippen molar-refractivity contribution in [3.63, 3.8) is 0 Å². The molecule has 20 heavy (non-hydrogen) atoms. The maximum absolute atomic E-state index is 12.2. The first-order valence-corrected chi connectivity index (χ1v) is 7.01. The Kier molecular flexibility index (Phi) is 3.83. The van der Waals surface area contributed by atoms with Gasteiger partial charge in [-0.2, -0.15) is 0 Å². The van der Waals surface area contributed by atoms with Crippen molar-refractivity contribution in [3.05, 3.63) is 59.9 Å². The number of aromatic nitrogens is 1. The molecule has 2 N–H and O–H groups in total. The molecular weight excluding hydrogens is 250 g/mol. The third-order valence-corrected chi connectivity index (χ3v) is 3.73. The summed E-state index contributed by atoms with van der Waals surface area (Å²) in [6.45, 7) is 2.24. The molecule has 0 saturated heterocycles. The first-order valence-electron chi connectivity index (χ1n) is 7.01. The fourth-order valence-electron chi connectivity index (χ4n) is 2.59. The van der Waals surface area contributed by atoms with E-state index in [0.29, 0.717) is 6.54 Å². The minimum absolute atomic E-state index is 0.0895. The Balaban J connectivity index is 1.51. The number of nitrogens with one attached hydrogen (secondary N) is 2. The van der Waals surface area contributed by atoms with E-state index < -0.39 is 0 Å². The second-order valence-electron chi connectivity index (χ2n) is 5.12. The molecular formula is C16H19N3O. The van der Waals surface area contributed by atoms with Gasteiger partial charge in [-0.1, -0.05) is 24.3 Å². The number of hydrogen-bond donors (Lipinski definition) is 2. The number of hydrogen-bond acceptors (Lipinski definition) is 2. The summed E-state index contributed by atoms with van der Waals surface area (Å²) < 4.78 is 2.06. The molecule has 0 saturated carbocycles. The van der Waals surface area contributed by atoms with E-state index in [2.05, 4.69) is 27.3 Å². The largest absolute Gasteiger partial charge is 0.353 e. The van der Waals surface area contributed by atoms with Crippen LogP contribution in [0, 0.1) is 0 Å². The van der Waals surface area contributed by atoms with Crippen molar-refractivity contribution in [1.82, 2.24) is 15.2 Å². The Morgan fingerprint density at radius 3 is 2.75 bits per heavy atom. The monoisotopic (exact) mass is 269 g/mol. The summed E-state index contributed by atoms with van der Waals surface area (Å²) in [4.78, 5) is 12.2. The summed E-state index contributed by atoms with van der Waals surface area (Å²) in [5, 5.41) is 6.30. The Morgan fingerprint density at radius 2 is 1.95 bits per heavy atom. The van der Waals surface area contributed by atoms with Crippen LogP contribution in [-0.2, 0) is 24.3 Å². The van der Waals surface area contributed by atoms with E-state index in [1.165, 1.54) is 11.1 Å². The van der Waals surface area contributed by atoms with Gasteiger partial charge in [-0.3, -0.25) is 4.79 Å². The summed E-state index contributed by atoms with van der Waals surface area (Å²) in [5.41, 5.74) is 2.57. The zero-order chi connectivity index (χ0) is 13.8. The van der Waals surface area contributed by atoms with Crippen LogP contribution in [0.4, 0.5) is 0 Å². The van der Waals surface area contributed by atoms with Crippen molar-refractivity contribution >= 4 is 5.91 Å². The van der Waals surface area contributed by atoms with Gasteiger partial charge in [0.25, 0.3) is 0 Å². The fraction of sp³-hybridized carbons (Fsp3) is 0.312. The first kappa shape index (κ1) is 12.9. The molecule has 0 fully saturated rings. The van der Waals surface area contributed by atoms with Gasteiger partial charge in [0, 0.05) is 32.0 Å². The molecule has 1 unspecified atom stereocenters. The highest BCUT2D eigenvalue weighted by molar-refractivity contribution is 5.82. The van der Waals surface area contributed by atoms with Gasteiger partial charge in [-0.15, -0.1) is 0 Å². The standard InChI is InChI=1S/C16H19N3O/c20-16(17-7-10-19-8-3-4-9-19)15-11-13-5-1-2-6-14(13)12-18-15/h1-6,8-9,15,18H,7,10-12H2,(H,17,20). The van der Waals surface area contributed by atoms with Gasteiger partial charge in [0.2, 0.25) is 5.91 Å². The molecule has 1 amide bonds. The number of carbonyl (C=O) groups excluding carboxylic acids is 1. The van der Waals surface area contributed by atoms with Crippen LogP contribution in [-0.4, -0.2) is 23.1 Å². The molecule has 104 valence electrons. The zero-order valence-corrected chi connectivity index (χ0v) is 11.4. The molecule has 0 spiro atoms. The van der Waals surface area contributed by atoms with Crippen molar-refractivity contribution in [1.29, 1.82) is 0 Å². The number of benzene rings is 1. The molecule has 1 aromatic carbocycles. The smallest absolute Gasteiger partial charge is 0.237 e. The van der Waals surface area contributed by atoms with Crippen LogP contribution in [0.1, 0.15) is 11.1 Å². The molecule has 4 heteroatoms. The van der Waals surface area contributed by atoms with Crippen molar-refractivity contribution in [3.8, 4) is 0 Å². The van der Waals surface area contributed by atoms with E-state index in [1.807, 2.05) is 36.7 Å². The minimum Gasteiger partial charge on any atom is -0.353 e. The number of rotatable bonds is 4. The van der Waals surface area contributed by atoms with Gasteiger partial charge in [0.05, 0.1) is 6.04 Å². The molecule has 3 rings (SSSR count). The summed E-state index contributed by atoms with van der Waals surface area (Å²) in [6, 6.07) is 12.2. The summed E-state index contributed by atoms with van der Waals surface area (Å²) in [6.07, 6.45) is 4.77. The van der Waals surface area contributed by atoms with Crippen molar-refractivity contribution in [2.24, 2.45) is 0 Å². The van der Waals surface area contributed by atoms with Crippen LogP contribution in [0.25, 0.3) is 0 Å². The highest BCUT2D eigenvalue weighted by Gasteiger charge is 2.23. The van der Waals surface area contributed by atoms with Gasteiger partial charge in [-0.25, -0.2) is 0 Å². The van der Waals surface area contributed by atoms with Crippen molar-refractivity contribution < 1.29 is 4.79 Å². The maximum atomic E-state index is 12.2. The van der Waals surface area contributed by atoms with Crippen molar-refractivity contribution in [2.45, 2.75) is 25.6 Å². The molecule has 2 aromatic rings. The average molecular weight is 269 g/mol. The normalized spacial score (nSPS) is 17.5. The molecule has 1 aliphatic rings. The van der Waals surface area contributed by atoms with Gasteiger partial charge in [0.1, 0.15) is 0 Å². The highest BCUT2D eigenvalue weighted by atomic mass is 16.2. The fourth-order valence-corrected chi connectivity index (χ4v) is 2.59. The molecule has 1 atom stereocenters. The van der Waals surface area contributed by atoms with Gasteiger partial charge >= 0.3 is 0 Å². The molecule has 0 aliphatic carbocycles.